The molecule has 31 heavy (non-hydrogen) atoms. The van der Waals surface area contributed by atoms with Crippen molar-refractivity contribution in [1.82, 2.24) is 15.1 Å². The second kappa shape index (κ2) is 8.71. The SMILES string of the molecule is CC(=O)Nc1cccc(C(C)NC(=O)c2nn(-c3ccc(F)cc3)c3c2CCCC3)c1. The molecule has 2 amide bonds. The van der Waals surface area contributed by atoms with Crippen LogP contribution in [0.25, 0.3) is 5.69 Å². The molecule has 1 unspecified atom stereocenters. The molecule has 2 aromatic carbocycles. The molecule has 0 saturated carbocycles. The van der Waals surface area contributed by atoms with E-state index in [1.807, 2.05) is 25.1 Å². The first-order valence-electron chi connectivity index (χ1n) is 10.5. The third kappa shape index (κ3) is 4.50. The molecule has 0 bridgehead atoms. The molecule has 4 rings (SSSR count). The zero-order valence-corrected chi connectivity index (χ0v) is 17.6. The highest BCUT2D eigenvalue weighted by Crippen LogP contribution is 2.28. The van der Waals surface area contributed by atoms with Crippen molar-refractivity contribution in [1.29, 1.82) is 0 Å². The van der Waals surface area contributed by atoms with Crippen LogP contribution < -0.4 is 10.6 Å². The van der Waals surface area contributed by atoms with Gasteiger partial charge in [-0.15, -0.1) is 0 Å². The van der Waals surface area contributed by atoms with E-state index in [4.69, 9.17) is 0 Å². The summed E-state index contributed by atoms with van der Waals surface area (Å²) in [6, 6.07) is 13.3. The highest BCUT2D eigenvalue weighted by atomic mass is 19.1. The van der Waals surface area contributed by atoms with Crippen LogP contribution in [0.3, 0.4) is 0 Å². The Morgan fingerprint density at radius 3 is 2.58 bits per heavy atom. The first-order valence-corrected chi connectivity index (χ1v) is 10.5. The molecule has 1 aliphatic rings. The van der Waals surface area contributed by atoms with Gasteiger partial charge in [0.05, 0.1) is 11.7 Å². The number of nitrogens with one attached hydrogen (secondary N) is 2. The largest absolute Gasteiger partial charge is 0.344 e. The Hall–Kier alpha value is -3.48. The van der Waals surface area contributed by atoms with Crippen molar-refractivity contribution in [3.8, 4) is 5.69 Å². The lowest BCUT2D eigenvalue weighted by molar-refractivity contribution is -0.114. The molecule has 1 atom stereocenters. The maximum absolute atomic E-state index is 13.4. The summed E-state index contributed by atoms with van der Waals surface area (Å²) < 4.78 is 15.1. The van der Waals surface area contributed by atoms with Crippen LogP contribution in [0.15, 0.2) is 48.5 Å². The number of hydrogen-bond donors (Lipinski definition) is 2. The van der Waals surface area contributed by atoms with Crippen LogP contribution >= 0.6 is 0 Å². The van der Waals surface area contributed by atoms with Gasteiger partial charge in [-0.25, -0.2) is 9.07 Å². The highest BCUT2D eigenvalue weighted by molar-refractivity contribution is 5.94. The smallest absolute Gasteiger partial charge is 0.272 e. The summed E-state index contributed by atoms with van der Waals surface area (Å²) in [4.78, 5) is 24.5. The third-order valence-corrected chi connectivity index (χ3v) is 5.52. The molecule has 1 aliphatic carbocycles. The average Bonchev–Trinajstić information content (AvgIpc) is 3.14. The van der Waals surface area contributed by atoms with Crippen molar-refractivity contribution in [2.75, 3.05) is 5.32 Å². The standard InChI is InChI=1S/C24H25FN4O2/c1-15(17-6-5-7-19(14-17)27-16(2)30)26-24(31)23-21-8-3-4-9-22(21)29(28-23)20-12-10-18(25)11-13-20/h5-7,10-15H,3-4,8-9H2,1-2H3,(H,26,31)(H,27,30). The summed E-state index contributed by atoms with van der Waals surface area (Å²) in [5.74, 6) is -0.693. The molecule has 1 aromatic heterocycles. The van der Waals surface area contributed by atoms with E-state index in [0.29, 0.717) is 11.4 Å². The Morgan fingerprint density at radius 1 is 1.10 bits per heavy atom. The zero-order valence-electron chi connectivity index (χ0n) is 17.6. The number of anilines is 1. The van der Waals surface area contributed by atoms with Gasteiger partial charge in [0.15, 0.2) is 5.69 Å². The van der Waals surface area contributed by atoms with Crippen molar-refractivity contribution in [3.05, 3.63) is 76.9 Å². The van der Waals surface area contributed by atoms with Crippen LogP contribution in [0.4, 0.5) is 10.1 Å². The molecule has 1 heterocycles. The van der Waals surface area contributed by atoms with Crippen LogP contribution in [0.1, 0.15) is 60.0 Å². The lowest BCUT2D eigenvalue weighted by Gasteiger charge is -2.16. The van der Waals surface area contributed by atoms with Gasteiger partial charge >= 0.3 is 0 Å². The van der Waals surface area contributed by atoms with E-state index in [0.717, 1.165) is 48.2 Å². The molecule has 0 saturated heterocycles. The number of amides is 2. The van der Waals surface area contributed by atoms with Gasteiger partial charge in [0.2, 0.25) is 5.91 Å². The molecule has 0 spiro atoms. The number of halogens is 1. The van der Waals surface area contributed by atoms with E-state index in [1.165, 1.54) is 19.1 Å². The predicted octanol–water partition coefficient (Wildman–Crippen LogP) is 4.34. The second-order valence-corrected chi connectivity index (χ2v) is 7.87. The fourth-order valence-corrected chi connectivity index (χ4v) is 4.01. The van der Waals surface area contributed by atoms with E-state index in [-0.39, 0.29) is 23.7 Å². The van der Waals surface area contributed by atoms with Crippen LogP contribution in [0, 0.1) is 5.82 Å². The van der Waals surface area contributed by atoms with E-state index >= 15 is 0 Å². The summed E-state index contributed by atoms with van der Waals surface area (Å²) in [5, 5.41) is 10.4. The van der Waals surface area contributed by atoms with Crippen LogP contribution in [-0.4, -0.2) is 21.6 Å². The Bertz CT molecular complexity index is 1120. The molecule has 7 heteroatoms. The van der Waals surface area contributed by atoms with Crippen LogP contribution in [-0.2, 0) is 17.6 Å². The van der Waals surface area contributed by atoms with E-state index in [9.17, 15) is 14.0 Å². The minimum absolute atomic E-state index is 0.146. The minimum Gasteiger partial charge on any atom is -0.344 e. The fraction of sp³-hybridized carbons (Fsp3) is 0.292. The number of carbonyl (C=O) groups excluding carboxylic acids is 2. The molecule has 0 fully saturated rings. The number of hydrogen-bond acceptors (Lipinski definition) is 3. The van der Waals surface area contributed by atoms with Gasteiger partial charge in [-0.05, 0) is 74.6 Å². The van der Waals surface area contributed by atoms with Crippen molar-refractivity contribution in [3.63, 3.8) is 0 Å². The molecule has 6 nitrogen and oxygen atoms in total. The summed E-state index contributed by atoms with van der Waals surface area (Å²) in [5.41, 5.74) is 4.71. The molecule has 0 radical (unpaired) electrons. The second-order valence-electron chi connectivity index (χ2n) is 7.87. The number of rotatable bonds is 5. The lowest BCUT2D eigenvalue weighted by Crippen LogP contribution is -2.28. The first-order chi connectivity index (χ1) is 14.9. The first kappa shape index (κ1) is 20.8. The third-order valence-electron chi connectivity index (χ3n) is 5.52. The minimum atomic E-state index is -0.307. The van der Waals surface area contributed by atoms with E-state index in [1.54, 1.807) is 22.9 Å². The van der Waals surface area contributed by atoms with Gasteiger partial charge in [0.1, 0.15) is 5.82 Å². The van der Waals surface area contributed by atoms with Crippen molar-refractivity contribution < 1.29 is 14.0 Å². The van der Waals surface area contributed by atoms with Crippen LogP contribution in [0.5, 0.6) is 0 Å². The van der Waals surface area contributed by atoms with Gasteiger partial charge in [0.25, 0.3) is 5.91 Å². The number of carbonyl (C=O) groups is 2. The maximum atomic E-state index is 13.4. The zero-order chi connectivity index (χ0) is 22.0. The normalized spacial score (nSPS) is 13.9. The maximum Gasteiger partial charge on any atom is 0.272 e. The van der Waals surface area contributed by atoms with Crippen molar-refractivity contribution in [2.24, 2.45) is 0 Å². The number of fused-ring (bicyclic) bond motifs is 1. The number of benzene rings is 2. The summed E-state index contributed by atoms with van der Waals surface area (Å²) >= 11 is 0. The Kier molecular flexibility index (Phi) is 5.84. The summed E-state index contributed by atoms with van der Waals surface area (Å²) in [7, 11) is 0. The monoisotopic (exact) mass is 420 g/mol. The summed E-state index contributed by atoms with van der Waals surface area (Å²) in [6.45, 7) is 3.35. The fourth-order valence-electron chi connectivity index (χ4n) is 4.01. The predicted molar refractivity (Wildman–Crippen MR) is 117 cm³/mol. The van der Waals surface area contributed by atoms with Gasteiger partial charge in [0, 0.05) is 23.9 Å². The lowest BCUT2D eigenvalue weighted by atomic mass is 9.95. The van der Waals surface area contributed by atoms with Crippen molar-refractivity contribution in [2.45, 2.75) is 45.6 Å². The number of aromatic nitrogens is 2. The Morgan fingerprint density at radius 2 is 1.84 bits per heavy atom. The van der Waals surface area contributed by atoms with Crippen LogP contribution in [0.2, 0.25) is 0 Å². The molecular formula is C24H25FN4O2. The van der Waals surface area contributed by atoms with Gasteiger partial charge in [-0.1, -0.05) is 12.1 Å². The molecular weight excluding hydrogens is 395 g/mol. The molecule has 160 valence electrons. The number of nitrogens with zero attached hydrogens (tertiary/aromatic N) is 2. The van der Waals surface area contributed by atoms with E-state index in [2.05, 4.69) is 15.7 Å². The molecule has 2 N–H and O–H groups in total. The Labute approximate surface area is 180 Å². The Balaban J connectivity index is 1.60. The molecule has 3 aromatic rings. The summed E-state index contributed by atoms with van der Waals surface area (Å²) in [6.07, 6.45) is 3.68. The van der Waals surface area contributed by atoms with E-state index < -0.39 is 0 Å². The highest BCUT2D eigenvalue weighted by Gasteiger charge is 2.26. The quantitative estimate of drug-likeness (QED) is 0.645. The molecule has 0 aliphatic heterocycles. The topological polar surface area (TPSA) is 76.0 Å². The van der Waals surface area contributed by atoms with Crippen molar-refractivity contribution >= 4 is 17.5 Å². The van der Waals surface area contributed by atoms with Gasteiger partial charge in [-0.2, -0.15) is 5.10 Å². The van der Waals surface area contributed by atoms with Gasteiger partial charge in [-0.3, -0.25) is 9.59 Å². The average molecular weight is 420 g/mol. The van der Waals surface area contributed by atoms with Gasteiger partial charge < -0.3 is 10.6 Å².